The summed E-state index contributed by atoms with van der Waals surface area (Å²) in [6, 6.07) is 16.2. The van der Waals surface area contributed by atoms with Crippen molar-refractivity contribution in [2.24, 2.45) is 23.7 Å². The Balaban J connectivity index is 1.42. The van der Waals surface area contributed by atoms with Crippen LogP contribution in [0.25, 0.3) is 10.9 Å². The van der Waals surface area contributed by atoms with Crippen molar-refractivity contribution in [2.45, 2.75) is 44.3 Å². The predicted octanol–water partition coefficient (Wildman–Crippen LogP) is 5.16. The van der Waals surface area contributed by atoms with Crippen LogP contribution in [0.15, 0.2) is 61.2 Å². The van der Waals surface area contributed by atoms with Crippen molar-refractivity contribution in [2.75, 3.05) is 0 Å². The topological polar surface area (TPSA) is 62.3 Å². The number of aromatic nitrogens is 1. The lowest BCUT2D eigenvalue weighted by Crippen LogP contribution is -2.59. The number of aliphatic hydroxyl groups is 1. The van der Waals surface area contributed by atoms with Crippen LogP contribution in [0.1, 0.15) is 42.5 Å². The average Bonchev–Trinajstić information content (AvgIpc) is 3.14. The van der Waals surface area contributed by atoms with E-state index in [-0.39, 0.29) is 29.6 Å². The molecular formula is C28H29NO3. The molecule has 8 rings (SSSR count). The van der Waals surface area contributed by atoms with E-state index in [1.807, 2.05) is 24.3 Å². The summed E-state index contributed by atoms with van der Waals surface area (Å²) in [6.07, 6.45) is 3.80. The molecule has 6 unspecified atom stereocenters. The number of Topliss-reactive ketones (excluding diaryl/α,β-unsaturated/α-hetero) is 1. The minimum Gasteiger partial charge on any atom is -0.489 e. The first-order valence-corrected chi connectivity index (χ1v) is 11.7. The molecule has 1 aromatic heterocycles. The number of ether oxygens (including phenoxy) is 1. The van der Waals surface area contributed by atoms with E-state index in [9.17, 15) is 9.90 Å². The van der Waals surface area contributed by atoms with Crippen LogP contribution in [0, 0.1) is 23.7 Å². The molecule has 5 aliphatic rings. The van der Waals surface area contributed by atoms with E-state index >= 15 is 0 Å². The molecule has 0 spiro atoms. The van der Waals surface area contributed by atoms with Gasteiger partial charge in [-0.05, 0) is 54.0 Å². The Morgan fingerprint density at radius 1 is 1.25 bits per heavy atom. The van der Waals surface area contributed by atoms with E-state index in [0.717, 1.165) is 39.9 Å². The summed E-state index contributed by atoms with van der Waals surface area (Å²) in [6.45, 7) is 6.63. The third-order valence-corrected chi connectivity index (χ3v) is 8.40. The first-order chi connectivity index (χ1) is 15.5. The monoisotopic (exact) mass is 427 g/mol. The van der Waals surface area contributed by atoms with Crippen LogP contribution >= 0.6 is 0 Å². The second kappa shape index (κ2) is 7.08. The van der Waals surface area contributed by atoms with Gasteiger partial charge in [0, 0.05) is 40.8 Å². The van der Waals surface area contributed by atoms with E-state index < -0.39 is 5.60 Å². The maximum Gasteiger partial charge on any atom is 0.140 e. The Morgan fingerprint density at radius 2 is 2.06 bits per heavy atom. The molecule has 32 heavy (non-hydrogen) atoms. The standard InChI is InChI=1S/C28H29NO3/c1-3-28(31)14-18-11-22-26(28)16(2)25(18)24(30)13-21-20-12-19(9-10-23(20)29-27(21)22)32-15-17-7-5-4-6-8-17/h3-10,12,16,18,22,25-26,29,31H,1,11,13-15H2,2H3. The number of benzene rings is 2. The van der Waals surface area contributed by atoms with Crippen molar-refractivity contribution in [3.8, 4) is 5.75 Å². The second-order valence-corrected chi connectivity index (χ2v) is 10.1. The minimum absolute atomic E-state index is 0.0138. The predicted molar refractivity (Wildman–Crippen MR) is 125 cm³/mol. The van der Waals surface area contributed by atoms with Crippen molar-refractivity contribution in [3.05, 3.63) is 78.0 Å². The highest BCUT2D eigenvalue weighted by Gasteiger charge is 2.60. The fourth-order valence-electron chi connectivity index (χ4n) is 7.16. The van der Waals surface area contributed by atoms with Crippen LogP contribution < -0.4 is 4.74 Å². The lowest BCUT2D eigenvalue weighted by molar-refractivity contribution is -0.154. The third-order valence-electron chi connectivity index (χ3n) is 8.40. The van der Waals surface area contributed by atoms with Gasteiger partial charge in [0.05, 0.1) is 5.60 Å². The molecule has 4 nitrogen and oxygen atoms in total. The summed E-state index contributed by atoms with van der Waals surface area (Å²) in [5.74, 6) is 1.76. The van der Waals surface area contributed by atoms with Crippen molar-refractivity contribution < 1.29 is 14.6 Å². The fourth-order valence-corrected chi connectivity index (χ4v) is 7.16. The van der Waals surface area contributed by atoms with Gasteiger partial charge in [0.25, 0.3) is 0 Å². The summed E-state index contributed by atoms with van der Waals surface area (Å²) < 4.78 is 6.07. The van der Waals surface area contributed by atoms with Gasteiger partial charge < -0.3 is 14.8 Å². The van der Waals surface area contributed by atoms with Crippen molar-refractivity contribution in [3.63, 3.8) is 0 Å². The molecule has 0 saturated heterocycles. The van der Waals surface area contributed by atoms with Crippen LogP contribution in [0.2, 0.25) is 0 Å². The maximum atomic E-state index is 13.5. The van der Waals surface area contributed by atoms with E-state index in [0.29, 0.717) is 25.2 Å². The molecule has 6 atom stereocenters. The molecule has 3 aromatic rings. The van der Waals surface area contributed by atoms with E-state index in [1.165, 1.54) is 0 Å². The second-order valence-electron chi connectivity index (χ2n) is 10.1. The molecule has 4 bridgehead atoms. The summed E-state index contributed by atoms with van der Waals surface area (Å²) in [4.78, 5) is 17.1. The van der Waals surface area contributed by atoms with Gasteiger partial charge >= 0.3 is 0 Å². The number of fused-ring (bicyclic) bond motifs is 3. The van der Waals surface area contributed by atoms with Crippen molar-refractivity contribution in [1.82, 2.24) is 4.98 Å². The third kappa shape index (κ3) is 2.82. The Labute approximate surface area is 188 Å². The van der Waals surface area contributed by atoms with Crippen LogP contribution in [0.4, 0.5) is 0 Å². The molecule has 1 heterocycles. The zero-order chi connectivity index (χ0) is 22.0. The lowest BCUT2D eigenvalue weighted by Gasteiger charge is -2.59. The number of ketones is 1. The molecule has 3 fully saturated rings. The summed E-state index contributed by atoms with van der Waals surface area (Å²) >= 11 is 0. The van der Waals surface area contributed by atoms with Gasteiger partial charge in [0.2, 0.25) is 0 Å². The smallest absolute Gasteiger partial charge is 0.140 e. The van der Waals surface area contributed by atoms with Gasteiger partial charge in [-0.2, -0.15) is 0 Å². The molecule has 2 N–H and O–H groups in total. The van der Waals surface area contributed by atoms with E-state index in [1.54, 1.807) is 6.08 Å². The van der Waals surface area contributed by atoms with Gasteiger partial charge in [0.15, 0.2) is 0 Å². The van der Waals surface area contributed by atoms with E-state index in [2.05, 4.69) is 42.8 Å². The largest absolute Gasteiger partial charge is 0.489 e. The highest BCUT2D eigenvalue weighted by Crippen LogP contribution is 2.61. The molecule has 0 amide bonds. The zero-order valence-electron chi connectivity index (χ0n) is 18.4. The SMILES string of the molecule is C=CC1(O)CC2CC3c4[nH]c5ccc(OCc6ccccc6)cc5c4CC(=O)C2C(C)C31. The molecule has 5 aliphatic carbocycles. The summed E-state index contributed by atoms with van der Waals surface area (Å²) in [5, 5.41) is 12.5. The molecule has 3 saturated carbocycles. The highest BCUT2D eigenvalue weighted by molar-refractivity contribution is 5.93. The number of hydrogen-bond donors (Lipinski definition) is 2. The highest BCUT2D eigenvalue weighted by atomic mass is 16.5. The molecule has 0 radical (unpaired) electrons. The fraction of sp³-hybridized carbons (Fsp3) is 0.393. The Bertz CT molecular complexity index is 1210. The first kappa shape index (κ1) is 19.8. The van der Waals surface area contributed by atoms with Crippen LogP contribution in [-0.4, -0.2) is 21.5 Å². The van der Waals surface area contributed by atoms with Gasteiger partial charge in [0.1, 0.15) is 18.1 Å². The molecule has 0 aliphatic heterocycles. The molecule has 2 aromatic carbocycles. The normalized spacial score (nSPS) is 33.1. The Morgan fingerprint density at radius 3 is 2.81 bits per heavy atom. The molecule has 164 valence electrons. The van der Waals surface area contributed by atoms with E-state index in [4.69, 9.17) is 4.74 Å². The Kier molecular flexibility index (Phi) is 4.38. The number of rotatable bonds is 4. The lowest BCUT2D eigenvalue weighted by atomic mass is 9.47. The number of nitrogens with one attached hydrogen (secondary N) is 1. The van der Waals surface area contributed by atoms with Gasteiger partial charge in [-0.25, -0.2) is 0 Å². The Hall–Kier alpha value is -2.85. The minimum atomic E-state index is -0.903. The van der Waals surface area contributed by atoms with Gasteiger partial charge in [-0.1, -0.05) is 43.3 Å². The van der Waals surface area contributed by atoms with Crippen molar-refractivity contribution in [1.29, 1.82) is 0 Å². The maximum absolute atomic E-state index is 13.5. The van der Waals surface area contributed by atoms with Gasteiger partial charge in [-0.15, -0.1) is 6.58 Å². The summed E-state index contributed by atoms with van der Waals surface area (Å²) in [5.41, 5.74) is 3.48. The number of carbonyl (C=O) groups excluding carboxylic acids is 1. The molecule has 4 heteroatoms. The van der Waals surface area contributed by atoms with Crippen LogP contribution in [0.5, 0.6) is 5.75 Å². The van der Waals surface area contributed by atoms with Crippen LogP contribution in [-0.2, 0) is 17.8 Å². The first-order valence-electron chi connectivity index (χ1n) is 11.7. The number of aromatic amines is 1. The summed E-state index contributed by atoms with van der Waals surface area (Å²) in [7, 11) is 0. The van der Waals surface area contributed by atoms with Crippen LogP contribution in [0.3, 0.4) is 0 Å². The van der Waals surface area contributed by atoms with Crippen molar-refractivity contribution >= 4 is 16.7 Å². The van der Waals surface area contributed by atoms with Gasteiger partial charge in [-0.3, -0.25) is 4.79 Å². The number of hydrogen-bond acceptors (Lipinski definition) is 3. The number of H-pyrrole nitrogens is 1. The quantitative estimate of drug-likeness (QED) is 0.565. The zero-order valence-corrected chi connectivity index (χ0v) is 18.4. The molecular weight excluding hydrogens is 398 g/mol. The average molecular weight is 428 g/mol. The number of carbonyl (C=O) groups is 1.